The minimum absolute atomic E-state index is 0.0993. The lowest BCUT2D eigenvalue weighted by atomic mass is 9.95. The molecule has 0 bridgehead atoms. The van der Waals surface area contributed by atoms with Crippen LogP contribution in [-0.4, -0.2) is 23.6 Å². The average molecular weight is 318 g/mol. The molecule has 1 fully saturated rings. The van der Waals surface area contributed by atoms with E-state index in [1.54, 1.807) is 0 Å². The number of anilines is 1. The first-order valence-corrected chi connectivity index (χ1v) is 7.33. The van der Waals surface area contributed by atoms with E-state index in [0.717, 1.165) is 19.3 Å². The Morgan fingerprint density at radius 3 is 2.50 bits per heavy atom. The van der Waals surface area contributed by atoms with Gasteiger partial charge in [-0.05, 0) is 26.2 Å². The maximum Gasteiger partial charge on any atom is 0.272 e. The summed E-state index contributed by atoms with van der Waals surface area (Å²) >= 11 is 12.5. The highest BCUT2D eigenvalue weighted by Crippen LogP contribution is 2.41. The Morgan fingerprint density at radius 1 is 1.40 bits per heavy atom. The Balaban J connectivity index is 2.47. The molecule has 0 aromatic heterocycles. The van der Waals surface area contributed by atoms with Crippen molar-refractivity contribution in [3.63, 3.8) is 0 Å². The molecular formula is C13H17Cl2N3O2. The number of nitro benzene ring substituents is 1. The average Bonchev–Trinajstić information content (AvgIpc) is 2.39. The molecule has 0 saturated carbocycles. The first kappa shape index (κ1) is 15.4. The monoisotopic (exact) mass is 317 g/mol. The quantitative estimate of drug-likeness (QED) is 0.682. The number of non-ortho nitro benzene ring substituents is 1. The van der Waals surface area contributed by atoms with Gasteiger partial charge >= 0.3 is 0 Å². The fourth-order valence-corrected chi connectivity index (χ4v) is 3.50. The van der Waals surface area contributed by atoms with E-state index in [0.29, 0.717) is 22.3 Å². The number of halogens is 2. The van der Waals surface area contributed by atoms with E-state index in [2.05, 4.69) is 11.8 Å². The van der Waals surface area contributed by atoms with Crippen molar-refractivity contribution in [3.8, 4) is 0 Å². The van der Waals surface area contributed by atoms with Gasteiger partial charge in [-0.3, -0.25) is 10.1 Å². The molecule has 1 aliphatic heterocycles. The lowest BCUT2D eigenvalue weighted by molar-refractivity contribution is -0.384. The zero-order chi connectivity index (χ0) is 14.9. The lowest BCUT2D eigenvalue weighted by Gasteiger charge is -2.42. The van der Waals surface area contributed by atoms with Crippen molar-refractivity contribution >= 4 is 34.6 Å². The Kier molecular flexibility index (Phi) is 4.73. The summed E-state index contributed by atoms with van der Waals surface area (Å²) in [5, 5.41) is 11.4. The van der Waals surface area contributed by atoms with Gasteiger partial charge in [0.05, 0.1) is 20.7 Å². The Bertz CT molecular complexity index is 501. The van der Waals surface area contributed by atoms with E-state index in [9.17, 15) is 10.1 Å². The first-order chi connectivity index (χ1) is 9.45. The van der Waals surface area contributed by atoms with Crippen molar-refractivity contribution in [2.75, 3.05) is 11.4 Å². The highest BCUT2D eigenvalue weighted by Gasteiger charge is 2.31. The number of hydrogen-bond acceptors (Lipinski definition) is 4. The van der Waals surface area contributed by atoms with Crippen LogP contribution in [-0.2, 0) is 0 Å². The van der Waals surface area contributed by atoms with E-state index in [4.69, 9.17) is 28.9 Å². The highest BCUT2D eigenvalue weighted by atomic mass is 35.5. The molecule has 2 unspecified atom stereocenters. The van der Waals surface area contributed by atoms with Crippen molar-refractivity contribution in [2.45, 2.75) is 38.3 Å². The minimum Gasteiger partial charge on any atom is -0.362 e. The summed E-state index contributed by atoms with van der Waals surface area (Å²) in [5.41, 5.74) is 6.39. The topological polar surface area (TPSA) is 72.4 Å². The molecule has 2 N–H and O–H groups in total. The van der Waals surface area contributed by atoms with Gasteiger partial charge in [-0.2, -0.15) is 0 Å². The molecule has 0 amide bonds. The van der Waals surface area contributed by atoms with E-state index in [1.165, 1.54) is 12.1 Å². The van der Waals surface area contributed by atoms with Crippen molar-refractivity contribution in [3.05, 3.63) is 32.3 Å². The first-order valence-electron chi connectivity index (χ1n) is 6.57. The summed E-state index contributed by atoms with van der Waals surface area (Å²) in [6, 6.07) is 3.11. The summed E-state index contributed by atoms with van der Waals surface area (Å²) in [6.45, 7) is 2.60. The van der Waals surface area contributed by atoms with E-state index >= 15 is 0 Å². The van der Waals surface area contributed by atoms with E-state index < -0.39 is 4.92 Å². The predicted molar refractivity (Wildman–Crippen MR) is 81.8 cm³/mol. The molecule has 1 heterocycles. The van der Waals surface area contributed by atoms with Crippen LogP contribution in [0.1, 0.15) is 26.2 Å². The van der Waals surface area contributed by atoms with Crippen LogP contribution in [0.5, 0.6) is 0 Å². The number of benzene rings is 1. The molecule has 0 aliphatic carbocycles. The van der Waals surface area contributed by atoms with Crippen molar-refractivity contribution in [1.29, 1.82) is 0 Å². The molecule has 1 aromatic carbocycles. The Morgan fingerprint density at radius 2 is 2.00 bits per heavy atom. The molecular weight excluding hydrogens is 301 g/mol. The summed E-state index contributed by atoms with van der Waals surface area (Å²) in [4.78, 5) is 12.4. The van der Waals surface area contributed by atoms with Gasteiger partial charge in [-0.25, -0.2) is 0 Å². The number of rotatable bonds is 3. The lowest BCUT2D eigenvalue weighted by Crippen LogP contribution is -2.49. The molecule has 0 radical (unpaired) electrons. The van der Waals surface area contributed by atoms with Gasteiger partial charge < -0.3 is 10.6 Å². The third kappa shape index (κ3) is 2.85. The number of hydrogen-bond donors (Lipinski definition) is 1. The van der Waals surface area contributed by atoms with Gasteiger partial charge in [-0.1, -0.05) is 23.2 Å². The summed E-state index contributed by atoms with van der Waals surface area (Å²) in [5.74, 6) is 0. The van der Waals surface area contributed by atoms with Crippen LogP contribution in [0, 0.1) is 10.1 Å². The molecule has 7 heteroatoms. The van der Waals surface area contributed by atoms with Gasteiger partial charge in [0.2, 0.25) is 0 Å². The maximum absolute atomic E-state index is 10.8. The second-order valence-corrected chi connectivity index (χ2v) is 5.91. The Hall–Kier alpha value is -1.04. The van der Waals surface area contributed by atoms with E-state index in [1.807, 2.05) is 0 Å². The Labute approximate surface area is 127 Å². The van der Waals surface area contributed by atoms with Gasteiger partial charge in [0.15, 0.2) is 0 Å². The third-order valence-electron chi connectivity index (χ3n) is 3.77. The van der Waals surface area contributed by atoms with Crippen LogP contribution in [0.2, 0.25) is 10.0 Å². The van der Waals surface area contributed by atoms with Gasteiger partial charge in [0.1, 0.15) is 0 Å². The molecule has 1 aromatic rings. The predicted octanol–water partition coefficient (Wildman–Crippen LogP) is 3.61. The molecule has 2 rings (SSSR count). The van der Waals surface area contributed by atoms with Crippen LogP contribution in [0.15, 0.2) is 12.1 Å². The summed E-state index contributed by atoms with van der Waals surface area (Å²) in [7, 11) is 0. The summed E-state index contributed by atoms with van der Waals surface area (Å²) < 4.78 is 0. The van der Waals surface area contributed by atoms with Crippen LogP contribution in [0.4, 0.5) is 11.4 Å². The number of nitrogens with zero attached hydrogens (tertiary/aromatic N) is 2. The van der Waals surface area contributed by atoms with Crippen LogP contribution in [0.3, 0.4) is 0 Å². The molecule has 110 valence electrons. The molecule has 1 saturated heterocycles. The van der Waals surface area contributed by atoms with Crippen LogP contribution in [0.25, 0.3) is 0 Å². The van der Waals surface area contributed by atoms with Gasteiger partial charge in [0.25, 0.3) is 5.69 Å². The molecule has 2 atom stereocenters. The molecule has 1 aliphatic rings. The van der Waals surface area contributed by atoms with Crippen molar-refractivity contribution in [1.82, 2.24) is 0 Å². The molecule has 0 spiro atoms. The van der Waals surface area contributed by atoms with Gasteiger partial charge in [-0.15, -0.1) is 0 Å². The summed E-state index contributed by atoms with van der Waals surface area (Å²) in [6.07, 6.45) is 3.12. The fraction of sp³-hybridized carbons (Fsp3) is 0.538. The number of nitro groups is 1. The fourth-order valence-electron chi connectivity index (χ4n) is 2.83. The van der Waals surface area contributed by atoms with Gasteiger partial charge in [0, 0.05) is 30.8 Å². The zero-order valence-corrected chi connectivity index (χ0v) is 12.7. The molecule has 20 heavy (non-hydrogen) atoms. The van der Waals surface area contributed by atoms with E-state index in [-0.39, 0.29) is 17.8 Å². The zero-order valence-electron chi connectivity index (χ0n) is 11.2. The SMILES string of the molecule is CC1CCCC(CN)N1c1c(Cl)cc([N+](=O)[O-])cc1Cl. The van der Waals surface area contributed by atoms with Crippen molar-refractivity contribution in [2.24, 2.45) is 5.73 Å². The highest BCUT2D eigenvalue weighted by molar-refractivity contribution is 6.39. The normalized spacial score (nSPS) is 22.9. The number of nitrogens with two attached hydrogens (primary N) is 1. The smallest absolute Gasteiger partial charge is 0.272 e. The van der Waals surface area contributed by atoms with Crippen LogP contribution < -0.4 is 10.6 Å². The third-order valence-corrected chi connectivity index (χ3v) is 4.35. The van der Waals surface area contributed by atoms with Crippen molar-refractivity contribution < 1.29 is 4.92 Å². The maximum atomic E-state index is 10.8. The second kappa shape index (κ2) is 6.16. The molecule has 5 nitrogen and oxygen atoms in total. The standard InChI is InChI=1S/C13H17Cl2N3O2/c1-8-3-2-4-9(7-16)17(8)13-11(14)5-10(18(19)20)6-12(13)15/h5-6,8-9H,2-4,7,16H2,1H3. The minimum atomic E-state index is -0.498. The largest absolute Gasteiger partial charge is 0.362 e. The number of piperidine rings is 1. The van der Waals surface area contributed by atoms with Crippen LogP contribution >= 0.6 is 23.2 Å². The second-order valence-electron chi connectivity index (χ2n) is 5.09.